The monoisotopic (exact) mass is 198 g/mol. The highest BCUT2D eigenvalue weighted by Gasteiger charge is 2.03. The summed E-state index contributed by atoms with van der Waals surface area (Å²) >= 11 is 0. The van der Waals surface area contributed by atoms with Gasteiger partial charge in [0.25, 0.3) is 0 Å². The summed E-state index contributed by atoms with van der Waals surface area (Å²) in [6, 6.07) is 10.1. The molecule has 2 aromatic rings. The molecule has 0 spiro atoms. The van der Waals surface area contributed by atoms with Gasteiger partial charge in [0.05, 0.1) is 17.6 Å². The molecule has 0 aliphatic rings. The molecule has 2 heteroatoms. The molecule has 1 aromatic carbocycles. The molecule has 2 nitrogen and oxygen atoms in total. The number of aryl methyl sites for hydroxylation is 1. The van der Waals surface area contributed by atoms with Gasteiger partial charge in [0.15, 0.2) is 0 Å². The van der Waals surface area contributed by atoms with Crippen LogP contribution in [-0.2, 0) is 0 Å². The van der Waals surface area contributed by atoms with Crippen molar-refractivity contribution in [2.24, 2.45) is 0 Å². The molecule has 0 aliphatic carbocycles. The van der Waals surface area contributed by atoms with Gasteiger partial charge in [-0.05, 0) is 37.1 Å². The molecule has 1 aromatic heterocycles. The number of hydrogen-bond donors (Lipinski definition) is 1. The fraction of sp³-hybridized carbons (Fsp3) is 0.154. The molecule has 0 unspecified atom stereocenters. The fourth-order valence-corrected chi connectivity index (χ4v) is 1.59. The number of pyridine rings is 1. The van der Waals surface area contributed by atoms with Crippen LogP contribution in [0.2, 0.25) is 0 Å². The molecule has 76 valence electrons. The summed E-state index contributed by atoms with van der Waals surface area (Å²) in [5.74, 6) is 0. The normalized spacial score (nSPS) is 10.3. The number of nitrogen functional groups attached to an aromatic ring is 1. The van der Waals surface area contributed by atoms with Crippen LogP contribution in [0, 0.1) is 13.8 Å². The van der Waals surface area contributed by atoms with Crippen molar-refractivity contribution in [1.82, 2.24) is 4.98 Å². The number of aromatic nitrogens is 1. The lowest BCUT2D eigenvalue weighted by atomic mass is 10.0. The molecule has 2 N–H and O–H groups in total. The SMILES string of the molecule is Cc1cccc(-c2ccc(N)cn2)c1C. The van der Waals surface area contributed by atoms with Crippen LogP contribution in [0.4, 0.5) is 5.69 Å². The molecule has 0 atom stereocenters. The van der Waals surface area contributed by atoms with Crippen LogP contribution in [0.5, 0.6) is 0 Å². The summed E-state index contributed by atoms with van der Waals surface area (Å²) in [7, 11) is 0. The van der Waals surface area contributed by atoms with Gasteiger partial charge in [0.1, 0.15) is 0 Å². The zero-order chi connectivity index (χ0) is 10.8. The van der Waals surface area contributed by atoms with Gasteiger partial charge in [-0.1, -0.05) is 18.2 Å². The maximum atomic E-state index is 5.61. The second-order valence-corrected chi connectivity index (χ2v) is 3.72. The molecule has 0 radical (unpaired) electrons. The Bertz CT molecular complexity index is 472. The number of nitrogens with two attached hydrogens (primary N) is 1. The summed E-state index contributed by atoms with van der Waals surface area (Å²) < 4.78 is 0. The summed E-state index contributed by atoms with van der Waals surface area (Å²) in [6.07, 6.45) is 1.69. The first-order valence-corrected chi connectivity index (χ1v) is 4.96. The van der Waals surface area contributed by atoms with Crippen LogP contribution in [0.25, 0.3) is 11.3 Å². The van der Waals surface area contributed by atoms with E-state index in [0.29, 0.717) is 5.69 Å². The number of nitrogens with zero attached hydrogens (tertiary/aromatic N) is 1. The zero-order valence-electron chi connectivity index (χ0n) is 8.99. The molecular weight excluding hydrogens is 184 g/mol. The quantitative estimate of drug-likeness (QED) is 0.765. The van der Waals surface area contributed by atoms with Crippen LogP contribution in [-0.4, -0.2) is 4.98 Å². The second kappa shape index (κ2) is 3.73. The van der Waals surface area contributed by atoms with E-state index in [0.717, 1.165) is 5.69 Å². The van der Waals surface area contributed by atoms with E-state index in [4.69, 9.17) is 5.73 Å². The number of anilines is 1. The molecule has 1 heterocycles. The van der Waals surface area contributed by atoms with Crippen LogP contribution in [0.3, 0.4) is 0 Å². The molecule has 0 bridgehead atoms. The Balaban J connectivity index is 2.54. The second-order valence-electron chi connectivity index (χ2n) is 3.72. The third kappa shape index (κ3) is 1.84. The lowest BCUT2D eigenvalue weighted by Crippen LogP contribution is -1.91. The van der Waals surface area contributed by atoms with Crippen molar-refractivity contribution < 1.29 is 0 Å². The van der Waals surface area contributed by atoms with Crippen molar-refractivity contribution in [3.8, 4) is 11.3 Å². The maximum Gasteiger partial charge on any atom is 0.0706 e. The van der Waals surface area contributed by atoms with Gasteiger partial charge < -0.3 is 5.73 Å². The zero-order valence-corrected chi connectivity index (χ0v) is 8.99. The highest BCUT2D eigenvalue weighted by molar-refractivity contribution is 5.65. The van der Waals surface area contributed by atoms with E-state index in [9.17, 15) is 0 Å². The average Bonchev–Trinajstić information content (AvgIpc) is 2.24. The third-order valence-electron chi connectivity index (χ3n) is 2.67. The third-order valence-corrected chi connectivity index (χ3v) is 2.67. The summed E-state index contributed by atoms with van der Waals surface area (Å²) in [6.45, 7) is 4.22. The molecule has 0 fully saturated rings. The van der Waals surface area contributed by atoms with Crippen LogP contribution in [0.1, 0.15) is 11.1 Å². The van der Waals surface area contributed by atoms with Crippen LogP contribution >= 0.6 is 0 Å². The van der Waals surface area contributed by atoms with Gasteiger partial charge in [-0.2, -0.15) is 0 Å². The van der Waals surface area contributed by atoms with Crippen molar-refractivity contribution >= 4 is 5.69 Å². The molecule has 0 amide bonds. The Morgan fingerprint density at radius 1 is 1.07 bits per heavy atom. The molecule has 2 rings (SSSR count). The van der Waals surface area contributed by atoms with E-state index < -0.39 is 0 Å². The van der Waals surface area contributed by atoms with Gasteiger partial charge in [-0.25, -0.2) is 0 Å². The molecule has 0 saturated heterocycles. The minimum atomic E-state index is 0.698. The van der Waals surface area contributed by atoms with E-state index in [1.54, 1.807) is 6.20 Å². The minimum absolute atomic E-state index is 0.698. The van der Waals surface area contributed by atoms with Crippen molar-refractivity contribution in [3.05, 3.63) is 47.7 Å². The topological polar surface area (TPSA) is 38.9 Å². The van der Waals surface area contributed by atoms with Crippen molar-refractivity contribution in [2.45, 2.75) is 13.8 Å². The fourth-order valence-electron chi connectivity index (χ4n) is 1.59. The van der Waals surface area contributed by atoms with E-state index in [2.05, 4.69) is 37.0 Å². The van der Waals surface area contributed by atoms with Gasteiger partial charge >= 0.3 is 0 Å². The van der Waals surface area contributed by atoms with Gasteiger partial charge in [0.2, 0.25) is 0 Å². The van der Waals surface area contributed by atoms with E-state index in [1.165, 1.54) is 16.7 Å². The van der Waals surface area contributed by atoms with Crippen molar-refractivity contribution in [2.75, 3.05) is 5.73 Å². The van der Waals surface area contributed by atoms with Crippen LogP contribution < -0.4 is 5.73 Å². The Hall–Kier alpha value is -1.83. The standard InChI is InChI=1S/C13H14N2/c1-9-4-3-5-12(10(9)2)13-7-6-11(14)8-15-13/h3-8H,14H2,1-2H3. The highest BCUT2D eigenvalue weighted by atomic mass is 14.7. The maximum absolute atomic E-state index is 5.61. The number of rotatable bonds is 1. The molecule has 0 saturated carbocycles. The van der Waals surface area contributed by atoms with Gasteiger partial charge in [0, 0.05) is 5.56 Å². The first kappa shape index (κ1) is 9.71. The predicted molar refractivity (Wildman–Crippen MR) is 63.6 cm³/mol. The lowest BCUT2D eigenvalue weighted by molar-refractivity contribution is 1.28. The highest BCUT2D eigenvalue weighted by Crippen LogP contribution is 2.23. The summed E-state index contributed by atoms with van der Waals surface area (Å²) in [5, 5.41) is 0. The first-order valence-electron chi connectivity index (χ1n) is 4.96. The Morgan fingerprint density at radius 3 is 2.53 bits per heavy atom. The summed E-state index contributed by atoms with van der Waals surface area (Å²) in [5.41, 5.74) is 11.0. The number of hydrogen-bond acceptors (Lipinski definition) is 2. The molecule has 15 heavy (non-hydrogen) atoms. The molecule has 0 aliphatic heterocycles. The Labute approximate surface area is 89.8 Å². The Kier molecular flexibility index (Phi) is 2.42. The summed E-state index contributed by atoms with van der Waals surface area (Å²) in [4.78, 5) is 4.33. The van der Waals surface area contributed by atoms with Crippen molar-refractivity contribution in [1.29, 1.82) is 0 Å². The lowest BCUT2D eigenvalue weighted by Gasteiger charge is -2.07. The van der Waals surface area contributed by atoms with E-state index >= 15 is 0 Å². The van der Waals surface area contributed by atoms with E-state index in [1.807, 2.05) is 12.1 Å². The smallest absolute Gasteiger partial charge is 0.0706 e. The predicted octanol–water partition coefficient (Wildman–Crippen LogP) is 2.95. The first-order chi connectivity index (χ1) is 7.18. The largest absolute Gasteiger partial charge is 0.397 e. The van der Waals surface area contributed by atoms with Gasteiger partial charge in [-0.3, -0.25) is 4.98 Å². The van der Waals surface area contributed by atoms with Crippen molar-refractivity contribution in [3.63, 3.8) is 0 Å². The van der Waals surface area contributed by atoms with Crippen LogP contribution in [0.15, 0.2) is 36.5 Å². The molecular formula is C13H14N2. The average molecular weight is 198 g/mol. The van der Waals surface area contributed by atoms with Gasteiger partial charge in [-0.15, -0.1) is 0 Å². The minimum Gasteiger partial charge on any atom is -0.397 e. The number of benzene rings is 1. The Morgan fingerprint density at radius 2 is 1.87 bits per heavy atom. The van der Waals surface area contributed by atoms with E-state index in [-0.39, 0.29) is 0 Å².